The third-order valence-electron chi connectivity index (χ3n) is 3.03. The van der Waals surface area contributed by atoms with Crippen LogP contribution in [0.15, 0.2) is 53.4 Å². The SMILES string of the molecule is CCOc1cccc(CNS(=O)(=O)c2ccccc2[N+](=O)[O-])c1. The number of benzene rings is 2. The lowest BCUT2D eigenvalue weighted by Gasteiger charge is -2.09. The number of hydrogen-bond acceptors (Lipinski definition) is 5. The molecule has 0 amide bonds. The second kappa shape index (κ2) is 7.21. The average molecular weight is 336 g/mol. The molecule has 0 spiro atoms. The highest BCUT2D eigenvalue weighted by molar-refractivity contribution is 7.89. The zero-order valence-corrected chi connectivity index (χ0v) is 13.2. The van der Waals surface area contributed by atoms with Crippen molar-refractivity contribution < 1.29 is 18.1 Å². The number of nitrogens with one attached hydrogen (secondary N) is 1. The maximum Gasteiger partial charge on any atom is 0.289 e. The lowest BCUT2D eigenvalue weighted by Crippen LogP contribution is -2.24. The van der Waals surface area contributed by atoms with Gasteiger partial charge in [-0.3, -0.25) is 10.1 Å². The molecule has 2 aromatic rings. The average Bonchev–Trinajstić information content (AvgIpc) is 2.54. The minimum atomic E-state index is -3.99. The second-order valence-electron chi connectivity index (χ2n) is 4.63. The molecule has 0 fully saturated rings. The topological polar surface area (TPSA) is 98.5 Å². The van der Waals surface area contributed by atoms with Gasteiger partial charge < -0.3 is 4.74 Å². The molecule has 1 N–H and O–H groups in total. The maximum atomic E-state index is 12.3. The largest absolute Gasteiger partial charge is 0.494 e. The molecule has 122 valence electrons. The Morgan fingerprint density at radius 2 is 1.91 bits per heavy atom. The highest BCUT2D eigenvalue weighted by atomic mass is 32.2. The molecule has 2 rings (SSSR count). The van der Waals surface area contributed by atoms with Gasteiger partial charge in [0.05, 0.1) is 11.5 Å². The first kappa shape index (κ1) is 16.9. The highest BCUT2D eigenvalue weighted by Crippen LogP contribution is 2.23. The minimum Gasteiger partial charge on any atom is -0.494 e. The predicted molar refractivity (Wildman–Crippen MR) is 84.7 cm³/mol. The molecule has 0 bridgehead atoms. The van der Waals surface area contributed by atoms with Gasteiger partial charge in [0, 0.05) is 12.6 Å². The van der Waals surface area contributed by atoms with Gasteiger partial charge in [-0.1, -0.05) is 24.3 Å². The van der Waals surface area contributed by atoms with E-state index in [1.54, 1.807) is 24.3 Å². The summed E-state index contributed by atoms with van der Waals surface area (Å²) in [6, 6.07) is 12.2. The molecule has 0 saturated heterocycles. The van der Waals surface area contributed by atoms with Gasteiger partial charge in [-0.25, -0.2) is 13.1 Å². The first-order valence-electron chi connectivity index (χ1n) is 6.89. The van der Waals surface area contributed by atoms with Crippen LogP contribution in [0.4, 0.5) is 5.69 Å². The number of nitrogens with zero attached hydrogens (tertiary/aromatic N) is 1. The van der Waals surface area contributed by atoms with Crippen molar-refractivity contribution in [2.24, 2.45) is 0 Å². The van der Waals surface area contributed by atoms with E-state index in [0.29, 0.717) is 17.9 Å². The van der Waals surface area contributed by atoms with Gasteiger partial charge in [-0.15, -0.1) is 0 Å². The lowest BCUT2D eigenvalue weighted by molar-refractivity contribution is -0.387. The van der Waals surface area contributed by atoms with E-state index in [2.05, 4.69) is 4.72 Å². The fourth-order valence-electron chi connectivity index (χ4n) is 2.00. The second-order valence-corrected chi connectivity index (χ2v) is 6.37. The van der Waals surface area contributed by atoms with Crippen molar-refractivity contribution >= 4 is 15.7 Å². The van der Waals surface area contributed by atoms with E-state index in [1.807, 2.05) is 6.92 Å². The Kier molecular flexibility index (Phi) is 5.30. The molecule has 7 nitrogen and oxygen atoms in total. The summed E-state index contributed by atoms with van der Waals surface area (Å²) in [6.07, 6.45) is 0. The quantitative estimate of drug-likeness (QED) is 0.618. The Morgan fingerprint density at radius 3 is 2.61 bits per heavy atom. The van der Waals surface area contributed by atoms with E-state index in [9.17, 15) is 18.5 Å². The van der Waals surface area contributed by atoms with Crippen LogP contribution >= 0.6 is 0 Å². The van der Waals surface area contributed by atoms with Crippen LogP contribution in [0.5, 0.6) is 5.75 Å². The summed E-state index contributed by atoms with van der Waals surface area (Å²) in [5.41, 5.74) is 0.237. The summed E-state index contributed by atoms with van der Waals surface area (Å²) >= 11 is 0. The van der Waals surface area contributed by atoms with Gasteiger partial charge in [0.25, 0.3) is 5.69 Å². The Bertz CT molecular complexity index is 805. The molecule has 0 aliphatic heterocycles. The first-order valence-corrected chi connectivity index (χ1v) is 8.37. The van der Waals surface area contributed by atoms with E-state index in [-0.39, 0.29) is 11.4 Å². The number of ether oxygens (including phenoxy) is 1. The Balaban J connectivity index is 2.20. The molecule has 0 aromatic heterocycles. The third-order valence-corrected chi connectivity index (χ3v) is 4.48. The smallest absolute Gasteiger partial charge is 0.289 e. The van der Waals surface area contributed by atoms with Crippen LogP contribution in [0.1, 0.15) is 12.5 Å². The molecule has 2 aromatic carbocycles. The summed E-state index contributed by atoms with van der Waals surface area (Å²) < 4.78 is 32.3. The predicted octanol–water partition coefficient (Wildman–Crippen LogP) is 2.47. The maximum absolute atomic E-state index is 12.3. The van der Waals surface area contributed by atoms with E-state index in [4.69, 9.17) is 4.74 Å². The highest BCUT2D eigenvalue weighted by Gasteiger charge is 2.24. The number of nitro benzene ring substituents is 1. The zero-order chi connectivity index (χ0) is 16.9. The number of para-hydroxylation sites is 1. The van der Waals surface area contributed by atoms with Crippen molar-refractivity contribution in [3.05, 3.63) is 64.2 Å². The van der Waals surface area contributed by atoms with E-state index < -0.39 is 20.6 Å². The summed E-state index contributed by atoms with van der Waals surface area (Å²) in [6.45, 7) is 2.37. The van der Waals surface area contributed by atoms with Crippen LogP contribution in [0, 0.1) is 10.1 Å². The molecule has 0 aliphatic carbocycles. The molecular weight excluding hydrogens is 320 g/mol. The van der Waals surface area contributed by atoms with Crippen molar-refractivity contribution in [2.45, 2.75) is 18.4 Å². The minimum absolute atomic E-state index is 0.00922. The lowest BCUT2D eigenvalue weighted by atomic mass is 10.2. The Labute approximate surface area is 134 Å². The summed E-state index contributed by atoms with van der Waals surface area (Å²) in [7, 11) is -3.99. The van der Waals surface area contributed by atoms with Crippen LogP contribution in [0.3, 0.4) is 0 Å². The van der Waals surface area contributed by atoms with Gasteiger partial charge in [0.1, 0.15) is 5.75 Å². The fourth-order valence-corrected chi connectivity index (χ4v) is 3.19. The molecule has 0 atom stereocenters. The molecule has 0 saturated carbocycles. The summed E-state index contributed by atoms with van der Waals surface area (Å²) in [5.74, 6) is 0.634. The number of nitro groups is 1. The van der Waals surface area contributed by atoms with Crippen molar-refractivity contribution in [3.8, 4) is 5.75 Å². The van der Waals surface area contributed by atoms with Crippen molar-refractivity contribution in [2.75, 3.05) is 6.61 Å². The molecule has 0 aliphatic rings. The standard InChI is InChI=1S/C15H16N2O5S/c1-2-22-13-7-5-6-12(10-13)11-16-23(20,21)15-9-4-3-8-14(15)17(18)19/h3-10,16H,2,11H2,1H3. The summed E-state index contributed by atoms with van der Waals surface area (Å²) in [4.78, 5) is 9.88. The molecule has 0 radical (unpaired) electrons. The Morgan fingerprint density at radius 1 is 1.17 bits per heavy atom. The fraction of sp³-hybridized carbons (Fsp3) is 0.200. The first-order chi connectivity index (χ1) is 10.9. The normalized spacial score (nSPS) is 11.2. The van der Waals surface area contributed by atoms with Gasteiger partial charge in [-0.05, 0) is 30.7 Å². The Hall–Kier alpha value is -2.45. The van der Waals surface area contributed by atoms with Gasteiger partial charge >= 0.3 is 0 Å². The van der Waals surface area contributed by atoms with Crippen molar-refractivity contribution in [3.63, 3.8) is 0 Å². The molecular formula is C15H16N2O5S. The van der Waals surface area contributed by atoms with E-state index in [1.165, 1.54) is 18.2 Å². The van der Waals surface area contributed by atoms with Gasteiger partial charge in [0.2, 0.25) is 10.0 Å². The van der Waals surface area contributed by atoms with E-state index in [0.717, 1.165) is 6.07 Å². The molecule has 0 heterocycles. The van der Waals surface area contributed by atoms with Gasteiger partial charge in [-0.2, -0.15) is 0 Å². The zero-order valence-electron chi connectivity index (χ0n) is 12.4. The molecule has 0 unspecified atom stereocenters. The van der Waals surface area contributed by atoms with Crippen LogP contribution in [0.25, 0.3) is 0 Å². The van der Waals surface area contributed by atoms with E-state index >= 15 is 0 Å². The van der Waals surface area contributed by atoms with Crippen molar-refractivity contribution in [1.82, 2.24) is 4.72 Å². The van der Waals surface area contributed by atoms with Crippen LogP contribution < -0.4 is 9.46 Å². The van der Waals surface area contributed by atoms with Crippen LogP contribution in [-0.4, -0.2) is 19.9 Å². The molecule has 8 heteroatoms. The number of sulfonamides is 1. The summed E-state index contributed by atoms with van der Waals surface area (Å²) in [5, 5.41) is 11.0. The third kappa shape index (κ3) is 4.27. The van der Waals surface area contributed by atoms with Gasteiger partial charge in [0.15, 0.2) is 4.90 Å². The number of hydrogen-bond donors (Lipinski definition) is 1. The monoisotopic (exact) mass is 336 g/mol. The molecule has 23 heavy (non-hydrogen) atoms. The van der Waals surface area contributed by atoms with Crippen LogP contribution in [-0.2, 0) is 16.6 Å². The number of rotatable bonds is 7. The van der Waals surface area contributed by atoms with Crippen LogP contribution in [0.2, 0.25) is 0 Å². The van der Waals surface area contributed by atoms with Crippen molar-refractivity contribution in [1.29, 1.82) is 0 Å².